The average molecular weight is 285 g/mol. The molecule has 0 bridgehead atoms. The van der Waals surface area contributed by atoms with Crippen molar-refractivity contribution >= 4 is 11.8 Å². The lowest BCUT2D eigenvalue weighted by atomic mass is 9.79. The number of thioether (sulfide) groups is 1. The Morgan fingerprint density at radius 3 is 3.00 bits per heavy atom. The first kappa shape index (κ1) is 14.2. The van der Waals surface area contributed by atoms with Crippen molar-refractivity contribution in [2.45, 2.75) is 55.9 Å². The van der Waals surface area contributed by atoms with Crippen LogP contribution in [0.2, 0.25) is 0 Å². The molecule has 3 fully saturated rings. The highest BCUT2D eigenvalue weighted by Crippen LogP contribution is 2.41. The van der Waals surface area contributed by atoms with Crippen LogP contribution in [-0.4, -0.2) is 49.0 Å². The molecule has 1 spiro atoms. The van der Waals surface area contributed by atoms with E-state index in [4.69, 9.17) is 9.47 Å². The molecule has 3 heterocycles. The molecule has 1 N–H and O–H groups in total. The standard InChI is InChI=1S/C15H27NO2S/c1-2-16-14(13-4-3-9-19-13)12-5-7-18-15(10-12)6-8-17-11-15/h12-14,16H,2-11H2,1H3. The molecular weight excluding hydrogens is 258 g/mol. The van der Waals surface area contributed by atoms with E-state index >= 15 is 0 Å². The van der Waals surface area contributed by atoms with Crippen LogP contribution in [0.4, 0.5) is 0 Å². The zero-order chi connectivity index (χ0) is 13.1. The zero-order valence-corrected chi connectivity index (χ0v) is 12.8. The fourth-order valence-electron chi connectivity index (χ4n) is 3.96. The molecule has 0 amide bonds. The van der Waals surface area contributed by atoms with Gasteiger partial charge in [-0.15, -0.1) is 0 Å². The third-order valence-electron chi connectivity index (χ3n) is 4.91. The van der Waals surface area contributed by atoms with Gasteiger partial charge >= 0.3 is 0 Å². The zero-order valence-electron chi connectivity index (χ0n) is 12.0. The Morgan fingerprint density at radius 1 is 1.37 bits per heavy atom. The minimum atomic E-state index is 0.0554. The fraction of sp³-hybridized carbons (Fsp3) is 1.00. The van der Waals surface area contributed by atoms with Crippen molar-refractivity contribution in [3.8, 4) is 0 Å². The summed E-state index contributed by atoms with van der Waals surface area (Å²) in [6.45, 7) is 5.95. The van der Waals surface area contributed by atoms with E-state index in [2.05, 4.69) is 24.0 Å². The summed E-state index contributed by atoms with van der Waals surface area (Å²) in [6, 6.07) is 0.680. The maximum absolute atomic E-state index is 6.09. The molecule has 4 unspecified atom stereocenters. The van der Waals surface area contributed by atoms with Crippen LogP contribution in [0.25, 0.3) is 0 Å². The second kappa shape index (κ2) is 6.33. The predicted octanol–water partition coefficient (Wildman–Crippen LogP) is 2.45. The van der Waals surface area contributed by atoms with Gasteiger partial charge in [-0.3, -0.25) is 0 Å². The second-order valence-electron chi connectivity index (χ2n) is 6.22. The molecule has 0 aliphatic carbocycles. The molecule has 0 aromatic carbocycles. The first-order valence-electron chi connectivity index (χ1n) is 7.90. The fourth-order valence-corrected chi connectivity index (χ4v) is 5.45. The lowest BCUT2D eigenvalue weighted by Gasteiger charge is -2.42. The van der Waals surface area contributed by atoms with E-state index in [0.717, 1.165) is 44.0 Å². The molecule has 19 heavy (non-hydrogen) atoms. The van der Waals surface area contributed by atoms with E-state index in [1.54, 1.807) is 0 Å². The van der Waals surface area contributed by atoms with Crippen LogP contribution in [0.3, 0.4) is 0 Å². The third-order valence-corrected chi connectivity index (χ3v) is 6.39. The molecule has 3 aliphatic rings. The monoisotopic (exact) mass is 285 g/mol. The molecule has 0 saturated carbocycles. The Bertz CT molecular complexity index is 288. The summed E-state index contributed by atoms with van der Waals surface area (Å²) in [7, 11) is 0. The molecular formula is C15H27NO2S. The highest BCUT2D eigenvalue weighted by atomic mass is 32.2. The van der Waals surface area contributed by atoms with Gasteiger partial charge in [-0.1, -0.05) is 6.92 Å². The Balaban J connectivity index is 1.66. The van der Waals surface area contributed by atoms with Gasteiger partial charge in [-0.2, -0.15) is 11.8 Å². The highest BCUT2D eigenvalue weighted by Gasteiger charge is 2.44. The Kier molecular flexibility index (Phi) is 4.73. The van der Waals surface area contributed by atoms with Crippen LogP contribution in [0.15, 0.2) is 0 Å². The summed E-state index contributed by atoms with van der Waals surface area (Å²) in [5.74, 6) is 2.12. The highest BCUT2D eigenvalue weighted by molar-refractivity contribution is 8.00. The van der Waals surface area contributed by atoms with E-state index in [1.807, 2.05) is 0 Å². The summed E-state index contributed by atoms with van der Waals surface area (Å²) in [5, 5.41) is 4.61. The van der Waals surface area contributed by atoms with Crippen LogP contribution in [0, 0.1) is 5.92 Å². The van der Waals surface area contributed by atoms with E-state index in [1.165, 1.54) is 31.4 Å². The van der Waals surface area contributed by atoms with Crippen molar-refractivity contribution in [3.63, 3.8) is 0 Å². The molecule has 110 valence electrons. The summed E-state index contributed by atoms with van der Waals surface area (Å²) in [5.41, 5.74) is 0.0554. The molecule has 4 atom stereocenters. The van der Waals surface area contributed by atoms with Gasteiger partial charge in [-0.05, 0) is 43.9 Å². The van der Waals surface area contributed by atoms with Crippen LogP contribution in [0.1, 0.15) is 39.0 Å². The summed E-state index contributed by atoms with van der Waals surface area (Å²) < 4.78 is 11.7. The second-order valence-corrected chi connectivity index (χ2v) is 7.57. The quantitative estimate of drug-likeness (QED) is 0.859. The average Bonchev–Trinajstić information content (AvgIpc) is 3.08. The Morgan fingerprint density at radius 2 is 2.32 bits per heavy atom. The molecule has 3 saturated heterocycles. The van der Waals surface area contributed by atoms with Crippen molar-refractivity contribution in [1.29, 1.82) is 0 Å². The van der Waals surface area contributed by atoms with Gasteiger partial charge in [0.2, 0.25) is 0 Å². The lowest BCUT2D eigenvalue weighted by Crippen LogP contribution is -2.50. The van der Waals surface area contributed by atoms with Crippen molar-refractivity contribution in [2.24, 2.45) is 5.92 Å². The molecule has 0 aromatic heterocycles. The minimum absolute atomic E-state index is 0.0554. The normalized spacial score (nSPS) is 40.9. The number of rotatable bonds is 4. The van der Waals surface area contributed by atoms with Crippen molar-refractivity contribution in [3.05, 3.63) is 0 Å². The van der Waals surface area contributed by atoms with E-state index in [9.17, 15) is 0 Å². The summed E-state index contributed by atoms with van der Waals surface area (Å²) >= 11 is 2.18. The van der Waals surface area contributed by atoms with Gasteiger partial charge in [0.05, 0.1) is 12.2 Å². The molecule has 0 aromatic rings. The van der Waals surface area contributed by atoms with Gasteiger partial charge in [0, 0.05) is 30.9 Å². The topological polar surface area (TPSA) is 30.5 Å². The molecule has 4 heteroatoms. The van der Waals surface area contributed by atoms with Gasteiger partial charge < -0.3 is 14.8 Å². The Labute approximate surface area is 121 Å². The first-order chi connectivity index (χ1) is 9.33. The van der Waals surface area contributed by atoms with Crippen molar-refractivity contribution in [2.75, 3.05) is 32.1 Å². The van der Waals surface area contributed by atoms with E-state index in [-0.39, 0.29) is 5.60 Å². The van der Waals surface area contributed by atoms with Gasteiger partial charge in [0.1, 0.15) is 0 Å². The van der Waals surface area contributed by atoms with E-state index in [0.29, 0.717) is 6.04 Å². The summed E-state index contributed by atoms with van der Waals surface area (Å²) in [6.07, 6.45) is 6.30. The number of nitrogens with one attached hydrogen (secondary N) is 1. The largest absolute Gasteiger partial charge is 0.378 e. The molecule has 0 radical (unpaired) electrons. The van der Waals surface area contributed by atoms with Gasteiger partial charge in [-0.25, -0.2) is 0 Å². The van der Waals surface area contributed by atoms with Crippen LogP contribution in [0.5, 0.6) is 0 Å². The predicted molar refractivity (Wildman–Crippen MR) is 79.8 cm³/mol. The maximum Gasteiger partial charge on any atom is 0.0939 e. The van der Waals surface area contributed by atoms with Crippen LogP contribution < -0.4 is 5.32 Å². The number of hydrogen-bond acceptors (Lipinski definition) is 4. The van der Waals surface area contributed by atoms with E-state index < -0.39 is 0 Å². The molecule has 3 aliphatic heterocycles. The smallest absolute Gasteiger partial charge is 0.0939 e. The SMILES string of the molecule is CCNC(C1CCOC2(CCOC2)C1)C1CCCS1. The lowest BCUT2D eigenvalue weighted by molar-refractivity contribution is -0.103. The van der Waals surface area contributed by atoms with Gasteiger partial charge in [0.15, 0.2) is 0 Å². The summed E-state index contributed by atoms with van der Waals surface area (Å²) in [4.78, 5) is 0. The van der Waals surface area contributed by atoms with Crippen molar-refractivity contribution < 1.29 is 9.47 Å². The van der Waals surface area contributed by atoms with Crippen LogP contribution >= 0.6 is 11.8 Å². The first-order valence-corrected chi connectivity index (χ1v) is 8.94. The maximum atomic E-state index is 6.09. The van der Waals surface area contributed by atoms with Crippen LogP contribution in [-0.2, 0) is 9.47 Å². The molecule has 3 nitrogen and oxygen atoms in total. The minimum Gasteiger partial charge on any atom is -0.378 e. The number of ether oxygens (including phenoxy) is 2. The molecule has 3 rings (SSSR count). The Hall–Kier alpha value is 0.230. The van der Waals surface area contributed by atoms with Gasteiger partial charge in [0.25, 0.3) is 0 Å². The number of hydrogen-bond donors (Lipinski definition) is 1. The van der Waals surface area contributed by atoms with Crippen molar-refractivity contribution in [1.82, 2.24) is 5.32 Å². The third kappa shape index (κ3) is 3.12.